The molecule has 0 spiro atoms. The number of hydrogen-bond acceptors (Lipinski definition) is 3. The van der Waals surface area contributed by atoms with E-state index in [9.17, 15) is 35.9 Å². The highest BCUT2D eigenvalue weighted by atomic mass is 19.4. The van der Waals surface area contributed by atoms with Crippen molar-refractivity contribution in [2.45, 2.75) is 19.3 Å². The van der Waals surface area contributed by atoms with Crippen molar-refractivity contribution in [2.75, 3.05) is 18.5 Å². The number of carbonyl (C=O) groups excluding carboxylic acids is 2. The van der Waals surface area contributed by atoms with Crippen molar-refractivity contribution in [1.82, 2.24) is 5.32 Å². The van der Waals surface area contributed by atoms with Gasteiger partial charge in [0.1, 0.15) is 5.75 Å². The van der Waals surface area contributed by atoms with Crippen molar-refractivity contribution < 1.29 is 40.7 Å². The Labute approximate surface area is 167 Å². The molecule has 0 saturated heterocycles. The normalized spacial score (nSPS) is 11.7. The van der Waals surface area contributed by atoms with E-state index in [-0.39, 0.29) is 18.2 Å². The van der Waals surface area contributed by atoms with Gasteiger partial charge >= 0.3 is 12.4 Å². The van der Waals surface area contributed by atoms with Gasteiger partial charge in [0.15, 0.2) is 0 Å². The Morgan fingerprint density at radius 3 is 1.90 bits per heavy atom. The summed E-state index contributed by atoms with van der Waals surface area (Å²) in [5, 5.41) is 4.42. The van der Waals surface area contributed by atoms with Crippen molar-refractivity contribution in [3.63, 3.8) is 0 Å². The Balaban J connectivity index is 2.07. The minimum atomic E-state index is -5.08. The SMILES string of the molecule is CCOc1ccc(NC(=O)CNC(=O)c2cc(C(F)(F)F)cc(C(F)(F)F)c2)cc1. The Hall–Kier alpha value is -3.24. The molecule has 2 aromatic rings. The zero-order valence-corrected chi connectivity index (χ0v) is 15.4. The lowest BCUT2D eigenvalue weighted by atomic mass is 10.0. The molecule has 0 radical (unpaired) electrons. The number of hydrogen-bond donors (Lipinski definition) is 2. The number of ether oxygens (including phenoxy) is 1. The fourth-order valence-corrected chi connectivity index (χ4v) is 2.35. The van der Waals surface area contributed by atoms with Crippen LogP contribution >= 0.6 is 0 Å². The molecule has 2 N–H and O–H groups in total. The Kier molecular flexibility index (Phi) is 6.96. The van der Waals surface area contributed by atoms with Crippen LogP contribution in [0.3, 0.4) is 0 Å². The predicted octanol–water partition coefficient (Wildman–Crippen LogP) is 4.49. The fraction of sp³-hybridized carbons (Fsp3) is 0.263. The third-order valence-electron chi connectivity index (χ3n) is 3.71. The first-order chi connectivity index (χ1) is 13.9. The number of alkyl halides is 6. The van der Waals surface area contributed by atoms with Crippen molar-refractivity contribution in [3.8, 4) is 5.75 Å². The van der Waals surface area contributed by atoms with Crippen LogP contribution in [0.25, 0.3) is 0 Å². The first kappa shape index (κ1) is 23.0. The number of halogens is 6. The van der Waals surface area contributed by atoms with E-state index in [2.05, 4.69) is 5.32 Å². The lowest BCUT2D eigenvalue weighted by Gasteiger charge is -2.14. The van der Waals surface area contributed by atoms with Crippen LogP contribution in [-0.2, 0) is 17.1 Å². The Morgan fingerprint density at radius 1 is 0.900 bits per heavy atom. The molecule has 11 heteroatoms. The second-order valence-electron chi connectivity index (χ2n) is 5.98. The summed E-state index contributed by atoms with van der Waals surface area (Å²) in [5.41, 5.74) is -3.76. The molecule has 0 fully saturated rings. The topological polar surface area (TPSA) is 67.4 Å². The molecular formula is C19H16F6N2O3. The molecule has 0 unspecified atom stereocenters. The van der Waals surface area contributed by atoms with Gasteiger partial charge in [0.2, 0.25) is 5.91 Å². The summed E-state index contributed by atoms with van der Waals surface area (Å²) < 4.78 is 82.4. The zero-order valence-electron chi connectivity index (χ0n) is 15.4. The highest BCUT2D eigenvalue weighted by Gasteiger charge is 2.37. The van der Waals surface area contributed by atoms with Gasteiger partial charge < -0.3 is 15.4 Å². The number of benzene rings is 2. The van der Waals surface area contributed by atoms with Crippen molar-refractivity contribution >= 4 is 17.5 Å². The van der Waals surface area contributed by atoms with Gasteiger partial charge in [-0.2, -0.15) is 26.3 Å². The molecule has 2 amide bonds. The smallest absolute Gasteiger partial charge is 0.416 e. The maximum absolute atomic E-state index is 12.9. The van der Waals surface area contributed by atoms with E-state index in [4.69, 9.17) is 4.74 Å². The summed E-state index contributed by atoms with van der Waals surface area (Å²) in [6, 6.07) is 6.69. The monoisotopic (exact) mass is 434 g/mol. The average Bonchev–Trinajstić information content (AvgIpc) is 2.66. The van der Waals surface area contributed by atoms with Crippen LogP contribution in [0.4, 0.5) is 32.0 Å². The van der Waals surface area contributed by atoms with Gasteiger partial charge in [-0.15, -0.1) is 0 Å². The molecule has 0 aliphatic carbocycles. The minimum Gasteiger partial charge on any atom is -0.494 e. The molecule has 0 aromatic heterocycles. The lowest BCUT2D eigenvalue weighted by molar-refractivity contribution is -0.143. The second kappa shape index (κ2) is 9.06. The molecule has 0 atom stereocenters. The van der Waals surface area contributed by atoms with E-state index in [1.165, 1.54) is 12.1 Å². The highest BCUT2D eigenvalue weighted by Crippen LogP contribution is 2.36. The van der Waals surface area contributed by atoms with E-state index in [1.54, 1.807) is 19.1 Å². The van der Waals surface area contributed by atoms with Crippen molar-refractivity contribution in [3.05, 3.63) is 59.2 Å². The van der Waals surface area contributed by atoms with Crippen LogP contribution in [-0.4, -0.2) is 25.0 Å². The van der Waals surface area contributed by atoms with E-state index in [0.717, 1.165) is 0 Å². The van der Waals surface area contributed by atoms with Crippen LogP contribution < -0.4 is 15.4 Å². The minimum absolute atomic E-state index is 0.0879. The molecule has 30 heavy (non-hydrogen) atoms. The first-order valence-electron chi connectivity index (χ1n) is 8.50. The summed E-state index contributed by atoms with van der Waals surface area (Å²) in [7, 11) is 0. The molecular weight excluding hydrogens is 418 g/mol. The summed E-state index contributed by atoms with van der Waals surface area (Å²) in [4.78, 5) is 23.9. The molecule has 0 bridgehead atoms. The van der Waals surface area contributed by atoms with Gasteiger partial charge in [0.05, 0.1) is 24.3 Å². The van der Waals surface area contributed by atoms with Crippen LogP contribution in [0.2, 0.25) is 0 Å². The summed E-state index contributed by atoms with van der Waals surface area (Å²) in [5.74, 6) is -1.42. The number of anilines is 1. The molecule has 2 aromatic carbocycles. The quantitative estimate of drug-likeness (QED) is 0.659. The second-order valence-corrected chi connectivity index (χ2v) is 5.98. The summed E-state index contributed by atoms with van der Waals surface area (Å²) in [6.07, 6.45) is -10.2. The fourth-order valence-electron chi connectivity index (χ4n) is 2.35. The van der Waals surface area contributed by atoms with Gasteiger partial charge in [-0.05, 0) is 49.4 Å². The third-order valence-corrected chi connectivity index (χ3v) is 3.71. The number of nitrogens with one attached hydrogen (secondary N) is 2. The maximum Gasteiger partial charge on any atom is 0.416 e. The maximum atomic E-state index is 12.9. The van der Waals surface area contributed by atoms with Gasteiger partial charge in [-0.3, -0.25) is 9.59 Å². The number of amides is 2. The van der Waals surface area contributed by atoms with E-state index < -0.39 is 47.4 Å². The van der Waals surface area contributed by atoms with Crippen LogP contribution in [0.5, 0.6) is 5.75 Å². The first-order valence-corrected chi connectivity index (χ1v) is 8.50. The van der Waals surface area contributed by atoms with E-state index in [1.807, 2.05) is 5.32 Å². The molecule has 0 aliphatic heterocycles. The van der Waals surface area contributed by atoms with Crippen LogP contribution in [0.15, 0.2) is 42.5 Å². The predicted molar refractivity (Wildman–Crippen MR) is 95.0 cm³/mol. The average molecular weight is 434 g/mol. The Bertz CT molecular complexity index is 876. The van der Waals surface area contributed by atoms with Crippen molar-refractivity contribution in [2.24, 2.45) is 0 Å². The number of rotatable bonds is 6. The standard InChI is InChI=1S/C19H16F6N2O3/c1-2-30-15-5-3-14(4-6-15)27-16(28)10-26-17(29)11-7-12(18(20,21)22)9-13(8-11)19(23,24)25/h3-9H,2,10H2,1H3,(H,26,29)(H,27,28). The largest absolute Gasteiger partial charge is 0.494 e. The van der Waals surface area contributed by atoms with Gasteiger partial charge in [-0.1, -0.05) is 0 Å². The van der Waals surface area contributed by atoms with Gasteiger partial charge in [0.25, 0.3) is 5.91 Å². The van der Waals surface area contributed by atoms with E-state index in [0.29, 0.717) is 18.0 Å². The molecule has 0 heterocycles. The molecule has 2 rings (SSSR count). The summed E-state index contributed by atoms with van der Waals surface area (Å²) >= 11 is 0. The van der Waals surface area contributed by atoms with Crippen molar-refractivity contribution in [1.29, 1.82) is 0 Å². The van der Waals surface area contributed by atoms with Gasteiger partial charge in [-0.25, -0.2) is 0 Å². The van der Waals surface area contributed by atoms with Crippen LogP contribution in [0, 0.1) is 0 Å². The molecule has 0 aliphatic rings. The molecule has 162 valence electrons. The molecule has 0 saturated carbocycles. The van der Waals surface area contributed by atoms with Gasteiger partial charge in [0, 0.05) is 11.3 Å². The Morgan fingerprint density at radius 2 is 1.43 bits per heavy atom. The zero-order chi connectivity index (χ0) is 22.5. The lowest BCUT2D eigenvalue weighted by Crippen LogP contribution is -2.33. The van der Waals surface area contributed by atoms with Crippen LogP contribution in [0.1, 0.15) is 28.4 Å². The summed E-state index contributed by atoms with van der Waals surface area (Å²) in [6.45, 7) is 1.58. The highest BCUT2D eigenvalue weighted by molar-refractivity contribution is 5.99. The van der Waals surface area contributed by atoms with E-state index >= 15 is 0 Å². The molecule has 5 nitrogen and oxygen atoms in total. The number of carbonyl (C=O) groups is 2. The third kappa shape index (κ3) is 6.39.